The van der Waals surface area contributed by atoms with Crippen LogP contribution in [0.25, 0.3) is 0 Å². The average molecular weight is 213 g/mol. The maximum atomic E-state index is 5.91. The maximum Gasteiger partial charge on any atom is 0.457 e. The van der Waals surface area contributed by atoms with Crippen molar-refractivity contribution in [3.63, 3.8) is 0 Å². The first-order valence-electron chi connectivity index (χ1n) is 5.75. The number of rotatable bonds is 4. The van der Waals surface area contributed by atoms with Gasteiger partial charge in [0.1, 0.15) is 0 Å². The van der Waals surface area contributed by atoms with Gasteiger partial charge in [0.25, 0.3) is 0 Å². The number of nitrogens with zero attached hydrogens (tertiary/aromatic N) is 1. The van der Waals surface area contributed by atoms with E-state index in [-0.39, 0.29) is 18.3 Å². The summed E-state index contributed by atoms with van der Waals surface area (Å²) >= 11 is 0. The lowest BCUT2D eigenvalue weighted by Gasteiger charge is -2.32. The molecule has 0 aromatic carbocycles. The second kappa shape index (κ2) is 4.44. The molecule has 15 heavy (non-hydrogen) atoms. The van der Waals surface area contributed by atoms with E-state index >= 15 is 0 Å². The first-order valence-corrected chi connectivity index (χ1v) is 5.75. The molecule has 1 aliphatic rings. The van der Waals surface area contributed by atoms with E-state index in [0.29, 0.717) is 0 Å². The van der Waals surface area contributed by atoms with Crippen LogP contribution in [0.5, 0.6) is 0 Å². The Hall–Kier alpha value is -0.0551. The smallest absolute Gasteiger partial charge is 0.403 e. The van der Waals surface area contributed by atoms with Crippen molar-refractivity contribution in [1.82, 2.24) is 4.90 Å². The standard InChI is InChI=1S/C11H24BNO2/c1-10(2)11(3,4)15-12(14-10)8-7-9-13(5)6/h7-9H2,1-6H3. The molecule has 0 amide bonds. The topological polar surface area (TPSA) is 21.7 Å². The van der Waals surface area contributed by atoms with Crippen molar-refractivity contribution in [3.8, 4) is 0 Å². The van der Waals surface area contributed by atoms with Gasteiger partial charge in [-0.05, 0) is 61.1 Å². The first kappa shape index (κ1) is 13.0. The molecule has 1 saturated heterocycles. The lowest BCUT2D eigenvalue weighted by Crippen LogP contribution is -2.41. The van der Waals surface area contributed by atoms with Crippen LogP contribution in [0.1, 0.15) is 34.1 Å². The second-order valence-electron chi connectivity index (χ2n) is 5.63. The van der Waals surface area contributed by atoms with Gasteiger partial charge in [0.2, 0.25) is 0 Å². The fourth-order valence-electron chi connectivity index (χ4n) is 1.66. The molecule has 0 atom stereocenters. The zero-order valence-corrected chi connectivity index (χ0v) is 11.0. The number of hydrogen-bond acceptors (Lipinski definition) is 3. The Labute approximate surface area is 94.3 Å². The molecule has 4 heteroatoms. The third-order valence-corrected chi connectivity index (χ3v) is 3.35. The molecule has 0 saturated carbocycles. The summed E-state index contributed by atoms with van der Waals surface area (Å²) in [6.45, 7) is 9.47. The molecule has 0 aromatic rings. The Morgan fingerprint density at radius 1 is 1.00 bits per heavy atom. The highest BCUT2D eigenvalue weighted by Crippen LogP contribution is 2.37. The van der Waals surface area contributed by atoms with E-state index < -0.39 is 0 Å². The maximum absolute atomic E-state index is 5.91. The Balaban J connectivity index is 2.36. The fourth-order valence-corrected chi connectivity index (χ4v) is 1.66. The monoisotopic (exact) mass is 213 g/mol. The highest BCUT2D eigenvalue weighted by molar-refractivity contribution is 6.45. The predicted molar refractivity (Wildman–Crippen MR) is 64.1 cm³/mol. The van der Waals surface area contributed by atoms with Gasteiger partial charge in [0.05, 0.1) is 11.2 Å². The third kappa shape index (κ3) is 3.20. The quantitative estimate of drug-likeness (QED) is 0.667. The zero-order chi connectivity index (χ0) is 11.7. The largest absolute Gasteiger partial charge is 0.457 e. The lowest BCUT2D eigenvalue weighted by atomic mass is 9.83. The normalized spacial score (nSPS) is 23.8. The fraction of sp³-hybridized carbons (Fsp3) is 1.00. The Morgan fingerprint density at radius 3 is 1.87 bits per heavy atom. The van der Waals surface area contributed by atoms with Crippen molar-refractivity contribution < 1.29 is 9.31 Å². The van der Waals surface area contributed by atoms with Crippen LogP contribution in [0, 0.1) is 0 Å². The summed E-state index contributed by atoms with van der Waals surface area (Å²) in [6.07, 6.45) is 2.09. The molecule has 0 radical (unpaired) electrons. The molecule has 0 bridgehead atoms. The summed E-state index contributed by atoms with van der Waals surface area (Å²) < 4.78 is 11.8. The van der Waals surface area contributed by atoms with Crippen molar-refractivity contribution in [2.24, 2.45) is 0 Å². The minimum Gasteiger partial charge on any atom is -0.403 e. The molecule has 0 aromatic heterocycles. The molecule has 0 unspecified atom stereocenters. The van der Waals surface area contributed by atoms with Crippen molar-refractivity contribution in [1.29, 1.82) is 0 Å². The molecular formula is C11H24BNO2. The van der Waals surface area contributed by atoms with Crippen molar-refractivity contribution in [2.75, 3.05) is 20.6 Å². The van der Waals surface area contributed by atoms with Gasteiger partial charge in [-0.3, -0.25) is 0 Å². The molecule has 0 spiro atoms. The van der Waals surface area contributed by atoms with E-state index in [1.807, 2.05) is 0 Å². The number of hydrogen-bond donors (Lipinski definition) is 0. The summed E-state index contributed by atoms with van der Waals surface area (Å²) in [5, 5.41) is 0. The predicted octanol–water partition coefficient (Wildman–Crippen LogP) is 2.03. The van der Waals surface area contributed by atoms with Crippen molar-refractivity contribution in [2.45, 2.75) is 51.6 Å². The Bertz CT molecular complexity index is 201. The van der Waals surface area contributed by atoms with Gasteiger partial charge < -0.3 is 14.2 Å². The molecule has 3 nitrogen and oxygen atoms in total. The van der Waals surface area contributed by atoms with Gasteiger partial charge in [0, 0.05) is 0 Å². The van der Waals surface area contributed by atoms with Crippen LogP contribution in [-0.2, 0) is 9.31 Å². The molecule has 0 N–H and O–H groups in total. The molecule has 0 aliphatic carbocycles. The zero-order valence-electron chi connectivity index (χ0n) is 11.0. The van der Waals surface area contributed by atoms with Gasteiger partial charge in [-0.2, -0.15) is 0 Å². The van der Waals surface area contributed by atoms with Crippen LogP contribution in [0.2, 0.25) is 6.32 Å². The van der Waals surface area contributed by atoms with Gasteiger partial charge in [-0.1, -0.05) is 0 Å². The van der Waals surface area contributed by atoms with Crippen LogP contribution in [-0.4, -0.2) is 43.9 Å². The second-order valence-corrected chi connectivity index (χ2v) is 5.63. The van der Waals surface area contributed by atoms with Crippen LogP contribution < -0.4 is 0 Å². The van der Waals surface area contributed by atoms with E-state index in [9.17, 15) is 0 Å². The minimum absolute atomic E-state index is 0.0325. The van der Waals surface area contributed by atoms with Crippen LogP contribution in [0.4, 0.5) is 0 Å². The van der Waals surface area contributed by atoms with Crippen LogP contribution >= 0.6 is 0 Å². The van der Waals surface area contributed by atoms with E-state index in [0.717, 1.165) is 19.3 Å². The van der Waals surface area contributed by atoms with Gasteiger partial charge >= 0.3 is 7.12 Å². The minimum atomic E-state index is -0.185. The van der Waals surface area contributed by atoms with E-state index in [1.54, 1.807) is 0 Å². The molecule has 88 valence electrons. The average Bonchev–Trinajstić information content (AvgIpc) is 2.19. The van der Waals surface area contributed by atoms with E-state index in [4.69, 9.17) is 9.31 Å². The van der Waals surface area contributed by atoms with Crippen LogP contribution in [0.3, 0.4) is 0 Å². The highest BCUT2D eigenvalue weighted by Gasteiger charge is 2.50. The summed E-state index contributed by atoms with van der Waals surface area (Å²) in [6, 6.07) is 0. The summed E-state index contributed by atoms with van der Waals surface area (Å²) in [5.41, 5.74) is -0.369. The summed E-state index contributed by atoms with van der Waals surface area (Å²) in [5.74, 6) is 0. The van der Waals surface area contributed by atoms with E-state index in [1.165, 1.54) is 0 Å². The van der Waals surface area contributed by atoms with E-state index in [2.05, 4.69) is 46.7 Å². The SMILES string of the molecule is CN(C)CCCB1OC(C)(C)C(C)(C)O1. The van der Waals surface area contributed by atoms with Gasteiger partial charge in [0.15, 0.2) is 0 Å². The molecule has 1 fully saturated rings. The lowest BCUT2D eigenvalue weighted by molar-refractivity contribution is 0.00578. The highest BCUT2D eigenvalue weighted by atomic mass is 16.7. The summed E-state index contributed by atoms with van der Waals surface area (Å²) in [7, 11) is 4.14. The van der Waals surface area contributed by atoms with Crippen LogP contribution in [0.15, 0.2) is 0 Å². The Morgan fingerprint density at radius 2 is 1.47 bits per heavy atom. The molecular weight excluding hydrogens is 189 g/mol. The van der Waals surface area contributed by atoms with Crippen molar-refractivity contribution in [3.05, 3.63) is 0 Å². The molecule has 1 aliphatic heterocycles. The Kier molecular flexibility index (Phi) is 3.85. The van der Waals surface area contributed by atoms with Gasteiger partial charge in [-0.15, -0.1) is 0 Å². The molecule has 1 rings (SSSR count). The summed E-state index contributed by atoms with van der Waals surface area (Å²) in [4.78, 5) is 2.19. The first-order chi connectivity index (χ1) is 6.74. The molecule has 1 heterocycles. The third-order valence-electron chi connectivity index (χ3n) is 3.35. The van der Waals surface area contributed by atoms with Gasteiger partial charge in [-0.25, -0.2) is 0 Å². The van der Waals surface area contributed by atoms with Crippen molar-refractivity contribution >= 4 is 7.12 Å².